The van der Waals surface area contributed by atoms with Crippen LogP contribution in [0.15, 0.2) is 191 Å². The van der Waals surface area contributed by atoms with Gasteiger partial charge in [-0.1, -0.05) is 115 Å². The molecule has 4 nitrogen and oxygen atoms in total. The largest absolute Gasteiger partial charge is 0.455 e. The van der Waals surface area contributed by atoms with Gasteiger partial charge in [0.25, 0.3) is 0 Å². The van der Waals surface area contributed by atoms with Crippen LogP contribution in [0.5, 0.6) is 0 Å². The third-order valence-corrected chi connectivity index (χ3v) is 13.7. The highest BCUT2D eigenvalue weighted by Crippen LogP contribution is 2.48. The van der Waals surface area contributed by atoms with Crippen molar-refractivity contribution in [1.29, 1.82) is 0 Å². The Morgan fingerprint density at radius 3 is 1.17 bits per heavy atom. The number of rotatable bonds is 7. The predicted molar refractivity (Wildman–Crippen MR) is 279 cm³/mol. The Hall–Kier alpha value is -8.08. The van der Waals surface area contributed by atoms with E-state index in [0.717, 1.165) is 99.3 Å². The Morgan fingerprint density at radius 1 is 0.318 bits per heavy atom. The molecule has 66 heavy (non-hydrogen) atoms. The fourth-order valence-electron chi connectivity index (χ4n) is 10.5. The van der Waals surface area contributed by atoms with Crippen LogP contribution in [0.1, 0.15) is 33.4 Å². The molecule has 12 rings (SSSR count). The standard InChI is InChI=1S/C62H48N2O2/c1-37-16-10-12-24-54(37)63(59-39(3)18-14-19-40(59)4)48-28-26-44-32-50-52-36-53-51-33-45-27-29-49(64(55-25-13-11-17-38(55)2)60-41(5)20-15-21-42(60)6)31-47(45)35-57(51)66-62(53)58(43-22-8-7-9-23-43)61(52)65-56(50)34-46(44)30-48/h7-36H,1-6H3. The molecule has 0 atom stereocenters. The highest BCUT2D eigenvalue weighted by Gasteiger charge is 2.24. The highest BCUT2D eigenvalue weighted by atomic mass is 16.3. The van der Waals surface area contributed by atoms with E-state index in [4.69, 9.17) is 8.83 Å². The van der Waals surface area contributed by atoms with Gasteiger partial charge >= 0.3 is 0 Å². The molecular formula is C62H48N2O2. The maximum absolute atomic E-state index is 7.03. The fraction of sp³-hybridized carbons (Fsp3) is 0.0968. The lowest BCUT2D eigenvalue weighted by Crippen LogP contribution is -2.14. The molecule has 318 valence electrons. The van der Waals surface area contributed by atoms with Gasteiger partial charge in [-0.2, -0.15) is 0 Å². The van der Waals surface area contributed by atoms with Crippen molar-refractivity contribution in [2.24, 2.45) is 0 Å². The number of hydrogen-bond acceptors (Lipinski definition) is 4. The molecule has 0 saturated heterocycles. The zero-order valence-electron chi connectivity index (χ0n) is 38.0. The summed E-state index contributed by atoms with van der Waals surface area (Å²) in [6.45, 7) is 13.2. The lowest BCUT2D eigenvalue weighted by atomic mass is 9.97. The molecule has 4 heteroatoms. The summed E-state index contributed by atoms with van der Waals surface area (Å²) >= 11 is 0. The first-order chi connectivity index (χ1) is 32.2. The van der Waals surface area contributed by atoms with Gasteiger partial charge in [0.05, 0.1) is 16.9 Å². The Balaban J connectivity index is 1.05. The number of fused-ring (bicyclic) bond motifs is 8. The van der Waals surface area contributed by atoms with Crippen molar-refractivity contribution in [2.75, 3.05) is 9.80 Å². The summed E-state index contributed by atoms with van der Waals surface area (Å²) in [4.78, 5) is 4.82. The molecule has 2 heterocycles. The third-order valence-electron chi connectivity index (χ3n) is 13.7. The molecule has 0 aliphatic rings. The van der Waals surface area contributed by atoms with Gasteiger partial charge in [-0.15, -0.1) is 0 Å². The van der Waals surface area contributed by atoms with E-state index < -0.39 is 0 Å². The Kier molecular flexibility index (Phi) is 9.15. The summed E-state index contributed by atoms with van der Waals surface area (Å²) in [7, 11) is 0. The normalized spacial score (nSPS) is 11.8. The van der Waals surface area contributed by atoms with Crippen LogP contribution in [0.25, 0.3) is 76.5 Å². The maximum atomic E-state index is 7.03. The molecule has 0 amide bonds. The SMILES string of the molecule is Cc1ccccc1N(c1ccc2cc3c(cc2c1)oc1c(-c2ccccc2)c2oc4cc5cc(N(c6ccccc6C)c6c(C)cccc6C)ccc5cc4c2cc13)c1c(C)cccc1C. The van der Waals surface area contributed by atoms with E-state index in [1.54, 1.807) is 0 Å². The molecule has 0 radical (unpaired) electrons. The summed E-state index contributed by atoms with van der Waals surface area (Å²) < 4.78 is 14.1. The zero-order valence-corrected chi connectivity index (χ0v) is 38.0. The van der Waals surface area contributed by atoms with Crippen LogP contribution in [0.4, 0.5) is 34.1 Å². The molecule has 0 unspecified atom stereocenters. The van der Waals surface area contributed by atoms with E-state index in [1.165, 1.54) is 44.8 Å². The van der Waals surface area contributed by atoms with Gasteiger partial charge in [0.15, 0.2) is 0 Å². The summed E-state index contributed by atoms with van der Waals surface area (Å²) in [5, 5.41) is 8.84. The summed E-state index contributed by atoms with van der Waals surface area (Å²) in [6, 6.07) is 65.8. The number of benzene rings is 10. The van der Waals surface area contributed by atoms with E-state index in [9.17, 15) is 0 Å². The molecule has 0 spiro atoms. The van der Waals surface area contributed by atoms with E-state index >= 15 is 0 Å². The molecule has 0 N–H and O–H groups in total. The first-order valence-corrected chi connectivity index (χ1v) is 22.8. The van der Waals surface area contributed by atoms with E-state index in [1.807, 2.05) is 0 Å². The van der Waals surface area contributed by atoms with E-state index in [2.05, 4.69) is 233 Å². The molecule has 2 aromatic heterocycles. The lowest BCUT2D eigenvalue weighted by Gasteiger charge is -2.30. The maximum Gasteiger partial charge on any atom is 0.147 e. The topological polar surface area (TPSA) is 32.8 Å². The van der Waals surface area contributed by atoms with Crippen molar-refractivity contribution >= 4 is 99.5 Å². The molecule has 0 fully saturated rings. The quantitative estimate of drug-likeness (QED) is 0.160. The van der Waals surface area contributed by atoms with E-state index in [-0.39, 0.29) is 0 Å². The second kappa shape index (κ2) is 15.3. The van der Waals surface area contributed by atoms with Crippen LogP contribution in [0.2, 0.25) is 0 Å². The number of aryl methyl sites for hydroxylation is 6. The molecule has 0 bridgehead atoms. The molecule has 0 saturated carbocycles. The Labute approximate surface area is 384 Å². The number of hydrogen-bond donors (Lipinski definition) is 0. The molecule has 10 aromatic carbocycles. The van der Waals surface area contributed by atoms with Crippen LogP contribution >= 0.6 is 0 Å². The zero-order chi connectivity index (χ0) is 44.8. The number of para-hydroxylation sites is 4. The lowest BCUT2D eigenvalue weighted by molar-refractivity contribution is 0.658. The second-order valence-corrected chi connectivity index (χ2v) is 18.1. The average Bonchev–Trinajstić information content (AvgIpc) is 3.86. The van der Waals surface area contributed by atoms with Crippen LogP contribution in [-0.2, 0) is 0 Å². The van der Waals surface area contributed by atoms with Crippen molar-refractivity contribution in [3.8, 4) is 11.1 Å². The highest BCUT2D eigenvalue weighted by molar-refractivity contribution is 6.24. The van der Waals surface area contributed by atoms with Gasteiger partial charge in [-0.25, -0.2) is 0 Å². The van der Waals surface area contributed by atoms with Crippen molar-refractivity contribution in [3.63, 3.8) is 0 Å². The first kappa shape index (κ1) is 39.5. The number of anilines is 6. The Bertz CT molecular complexity index is 3640. The smallest absolute Gasteiger partial charge is 0.147 e. The van der Waals surface area contributed by atoms with Crippen molar-refractivity contribution in [2.45, 2.75) is 41.5 Å². The third kappa shape index (κ3) is 6.28. The van der Waals surface area contributed by atoms with Gasteiger partial charge in [0.2, 0.25) is 0 Å². The summed E-state index contributed by atoms with van der Waals surface area (Å²) in [5.41, 5.74) is 19.6. The van der Waals surface area contributed by atoms with Crippen molar-refractivity contribution in [1.82, 2.24) is 0 Å². The monoisotopic (exact) mass is 852 g/mol. The Morgan fingerprint density at radius 2 is 0.727 bits per heavy atom. The molecule has 0 aliphatic carbocycles. The van der Waals surface area contributed by atoms with Crippen LogP contribution in [-0.4, -0.2) is 0 Å². The second-order valence-electron chi connectivity index (χ2n) is 18.1. The van der Waals surface area contributed by atoms with Gasteiger partial charge in [0, 0.05) is 44.3 Å². The minimum Gasteiger partial charge on any atom is -0.455 e. The summed E-state index contributed by atoms with van der Waals surface area (Å²) in [6.07, 6.45) is 0. The number of nitrogens with zero attached hydrogens (tertiary/aromatic N) is 2. The van der Waals surface area contributed by atoms with Crippen LogP contribution in [0.3, 0.4) is 0 Å². The molecular weight excluding hydrogens is 805 g/mol. The van der Waals surface area contributed by atoms with Gasteiger partial charge in [-0.3, -0.25) is 0 Å². The fourth-order valence-corrected chi connectivity index (χ4v) is 10.5. The van der Waals surface area contributed by atoms with Gasteiger partial charge in [0.1, 0.15) is 22.3 Å². The van der Waals surface area contributed by atoms with Gasteiger partial charge in [-0.05, 0) is 169 Å². The van der Waals surface area contributed by atoms with Crippen LogP contribution in [0, 0.1) is 41.5 Å². The molecule has 12 aromatic rings. The summed E-state index contributed by atoms with van der Waals surface area (Å²) in [5.74, 6) is 0. The average molecular weight is 853 g/mol. The number of furan rings is 2. The minimum absolute atomic E-state index is 0.824. The van der Waals surface area contributed by atoms with E-state index in [0.29, 0.717) is 0 Å². The minimum atomic E-state index is 0.824. The van der Waals surface area contributed by atoms with Crippen molar-refractivity contribution in [3.05, 3.63) is 215 Å². The first-order valence-electron chi connectivity index (χ1n) is 22.8. The predicted octanol–water partition coefficient (Wildman–Crippen LogP) is 18.2. The van der Waals surface area contributed by atoms with Crippen molar-refractivity contribution < 1.29 is 8.83 Å². The van der Waals surface area contributed by atoms with Crippen LogP contribution < -0.4 is 9.80 Å². The molecule has 0 aliphatic heterocycles. The van der Waals surface area contributed by atoms with Gasteiger partial charge < -0.3 is 18.6 Å².